The summed E-state index contributed by atoms with van der Waals surface area (Å²) >= 11 is 0. The van der Waals surface area contributed by atoms with Crippen molar-refractivity contribution in [2.75, 3.05) is 33.8 Å². The second-order valence-corrected chi connectivity index (χ2v) is 7.58. The fourth-order valence-electron chi connectivity index (χ4n) is 3.96. The molecule has 6 nitrogen and oxygen atoms in total. The third kappa shape index (κ3) is 4.14. The van der Waals surface area contributed by atoms with Crippen molar-refractivity contribution in [1.82, 2.24) is 15.1 Å². The van der Waals surface area contributed by atoms with Crippen molar-refractivity contribution in [2.45, 2.75) is 43.9 Å². The van der Waals surface area contributed by atoms with Gasteiger partial charge < -0.3 is 15.0 Å². The molecular weight excluding hydrogens is 349 g/mol. The lowest BCUT2D eigenvalue weighted by Gasteiger charge is -2.41. The molecule has 0 bridgehead atoms. The number of carbonyl (C=O) groups is 2. The van der Waals surface area contributed by atoms with Crippen molar-refractivity contribution >= 4 is 11.8 Å². The molecule has 1 aromatic rings. The van der Waals surface area contributed by atoms with Gasteiger partial charge in [-0.2, -0.15) is 0 Å². The van der Waals surface area contributed by atoms with Gasteiger partial charge in [0.05, 0.1) is 12.2 Å². The SMILES string of the molecule is CN(C)CCNC(=O)[C@@H]1COC2(CCCCC2)N1C(=O)c1ccccc1F. The van der Waals surface area contributed by atoms with Gasteiger partial charge in [-0.15, -0.1) is 0 Å². The monoisotopic (exact) mass is 377 g/mol. The first-order valence-electron chi connectivity index (χ1n) is 9.59. The maximum Gasteiger partial charge on any atom is 0.259 e. The number of hydrogen-bond acceptors (Lipinski definition) is 4. The van der Waals surface area contributed by atoms with Crippen molar-refractivity contribution < 1.29 is 18.7 Å². The Hall–Kier alpha value is -1.99. The number of benzene rings is 1. The van der Waals surface area contributed by atoms with Crippen LogP contribution >= 0.6 is 0 Å². The maximum absolute atomic E-state index is 14.3. The molecule has 0 radical (unpaired) electrons. The van der Waals surface area contributed by atoms with E-state index in [-0.39, 0.29) is 18.1 Å². The van der Waals surface area contributed by atoms with Crippen LogP contribution in [0.15, 0.2) is 24.3 Å². The van der Waals surface area contributed by atoms with Gasteiger partial charge in [0, 0.05) is 13.1 Å². The van der Waals surface area contributed by atoms with Crippen molar-refractivity contribution in [1.29, 1.82) is 0 Å². The van der Waals surface area contributed by atoms with E-state index in [0.717, 1.165) is 19.3 Å². The van der Waals surface area contributed by atoms with Crippen LogP contribution in [0, 0.1) is 5.82 Å². The minimum Gasteiger partial charge on any atom is -0.353 e. The van der Waals surface area contributed by atoms with Crippen LogP contribution in [0.4, 0.5) is 4.39 Å². The molecule has 1 saturated carbocycles. The highest BCUT2D eigenvalue weighted by molar-refractivity contribution is 5.98. The van der Waals surface area contributed by atoms with Gasteiger partial charge in [-0.25, -0.2) is 4.39 Å². The van der Waals surface area contributed by atoms with E-state index >= 15 is 0 Å². The number of rotatable bonds is 5. The molecule has 1 N–H and O–H groups in total. The van der Waals surface area contributed by atoms with E-state index < -0.39 is 23.5 Å². The molecule has 7 heteroatoms. The average molecular weight is 377 g/mol. The van der Waals surface area contributed by atoms with Crippen LogP contribution in [0.5, 0.6) is 0 Å². The smallest absolute Gasteiger partial charge is 0.259 e. The van der Waals surface area contributed by atoms with Gasteiger partial charge in [0.1, 0.15) is 17.6 Å². The second kappa shape index (κ2) is 8.35. The lowest BCUT2D eigenvalue weighted by Crippen LogP contribution is -2.56. The quantitative estimate of drug-likeness (QED) is 0.853. The predicted molar refractivity (Wildman–Crippen MR) is 99.7 cm³/mol. The molecule has 2 fully saturated rings. The second-order valence-electron chi connectivity index (χ2n) is 7.58. The Bertz CT molecular complexity index is 689. The summed E-state index contributed by atoms with van der Waals surface area (Å²) in [6, 6.07) is 5.18. The summed E-state index contributed by atoms with van der Waals surface area (Å²) in [6.45, 7) is 1.33. The standard InChI is InChI=1S/C20H28FN3O3/c1-23(2)13-12-22-18(25)17-14-27-20(10-6-3-7-11-20)24(17)19(26)15-8-4-5-9-16(15)21/h4-5,8-9,17H,3,6-7,10-14H2,1-2H3,(H,22,25)/t17-/m0/s1. The predicted octanol–water partition coefficient (Wildman–Crippen LogP) is 2.00. The molecule has 27 heavy (non-hydrogen) atoms. The highest BCUT2D eigenvalue weighted by Crippen LogP contribution is 2.41. The van der Waals surface area contributed by atoms with Crippen LogP contribution < -0.4 is 5.32 Å². The van der Waals surface area contributed by atoms with E-state index in [9.17, 15) is 14.0 Å². The largest absolute Gasteiger partial charge is 0.353 e. The lowest BCUT2D eigenvalue weighted by atomic mass is 9.89. The van der Waals surface area contributed by atoms with Crippen LogP contribution in [0.1, 0.15) is 42.5 Å². The summed E-state index contributed by atoms with van der Waals surface area (Å²) in [4.78, 5) is 29.5. The zero-order chi connectivity index (χ0) is 19.4. The first-order chi connectivity index (χ1) is 12.9. The van der Waals surface area contributed by atoms with Crippen molar-refractivity contribution in [3.05, 3.63) is 35.6 Å². The molecule has 3 rings (SSSR count). The average Bonchev–Trinajstić information content (AvgIpc) is 3.00. The fourth-order valence-corrected chi connectivity index (χ4v) is 3.96. The third-order valence-corrected chi connectivity index (χ3v) is 5.38. The Labute approximate surface area is 159 Å². The van der Waals surface area contributed by atoms with Crippen LogP contribution in [0.25, 0.3) is 0 Å². The van der Waals surface area contributed by atoms with E-state index in [1.807, 2.05) is 19.0 Å². The summed E-state index contributed by atoms with van der Waals surface area (Å²) in [6.07, 6.45) is 4.28. The number of hydrogen-bond donors (Lipinski definition) is 1. The minimum atomic E-state index is -0.804. The third-order valence-electron chi connectivity index (χ3n) is 5.38. The first kappa shape index (κ1) is 19.8. The molecule has 1 saturated heterocycles. The Morgan fingerprint density at radius 3 is 2.63 bits per heavy atom. The molecule has 1 heterocycles. The highest BCUT2D eigenvalue weighted by atomic mass is 19.1. The van der Waals surface area contributed by atoms with Crippen LogP contribution in [0.3, 0.4) is 0 Å². The molecule has 0 aromatic heterocycles. The molecule has 2 amide bonds. The molecule has 2 aliphatic rings. The molecule has 148 valence electrons. The van der Waals surface area contributed by atoms with E-state index in [2.05, 4.69) is 5.32 Å². The first-order valence-corrected chi connectivity index (χ1v) is 9.59. The van der Waals surface area contributed by atoms with Crippen LogP contribution in [0.2, 0.25) is 0 Å². The molecule has 1 aliphatic carbocycles. The normalized spacial score (nSPS) is 21.6. The van der Waals surface area contributed by atoms with Crippen molar-refractivity contribution in [3.63, 3.8) is 0 Å². The van der Waals surface area contributed by atoms with E-state index in [1.54, 1.807) is 12.1 Å². The molecular formula is C20H28FN3O3. The topological polar surface area (TPSA) is 61.9 Å². The van der Waals surface area contributed by atoms with Crippen LogP contribution in [-0.4, -0.2) is 67.2 Å². The van der Waals surface area contributed by atoms with E-state index in [4.69, 9.17) is 4.74 Å². The van der Waals surface area contributed by atoms with Gasteiger partial charge in [-0.1, -0.05) is 18.6 Å². The van der Waals surface area contributed by atoms with Gasteiger partial charge in [0.15, 0.2) is 0 Å². The lowest BCUT2D eigenvalue weighted by molar-refractivity contribution is -0.127. The number of halogens is 1. The zero-order valence-electron chi connectivity index (χ0n) is 16.0. The number of nitrogens with zero attached hydrogens (tertiary/aromatic N) is 2. The highest BCUT2D eigenvalue weighted by Gasteiger charge is 2.53. The number of nitrogens with one attached hydrogen (secondary N) is 1. The Morgan fingerprint density at radius 1 is 1.26 bits per heavy atom. The number of carbonyl (C=O) groups excluding carboxylic acids is 2. The molecule has 0 unspecified atom stereocenters. The Morgan fingerprint density at radius 2 is 1.96 bits per heavy atom. The zero-order valence-corrected chi connectivity index (χ0v) is 16.0. The number of ether oxygens (including phenoxy) is 1. The van der Waals surface area contributed by atoms with Crippen molar-refractivity contribution in [2.24, 2.45) is 0 Å². The maximum atomic E-state index is 14.3. The minimum absolute atomic E-state index is 0.0148. The van der Waals surface area contributed by atoms with E-state index in [1.165, 1.54) is 17.0 Å². The summed E-state index contributed by atoms with van der Waals surface area (Å²) in [5, 5.41) is 2.88. The fraction of sp³-hybridized carbons (Fsp3) is 0.600. The number of amides is 2. The summed E-state index contributed by atoms with van der Waals surface area (Å²) in [7, 11) is 3.85. The summed E-state index contributed by atoms with van der Waals surface area (Å²) in [5.74, 6) is -1.30. The summed E-state index contributed by atoms with van der Waals surface area (Å²) in [5.41, 5.74) is -0.819. The van der Waals surface area contributed by atoms with Gasteiger partial charge in [-0.3, -0.25) is 14.5 Å². The number of likely N-dealkylation sites (N-methyl/N-ethyl adjacent to an activating group) is 1. The molecule has 1 atom stereocenters. The van der Waals surface area contributed by atoms with Gasteiger partial charge in [0.25, 0.3) is 5.91 Å². The van der Waals surface area contributed by atoms with Crippen LogP contribution in [-0.2, 0) is 9.53 Å². The summed E-state index contributed by atoms with van der Waals surface area (Å²) < 4.78 is 20.3. The molecule has 1 aliphatic heterocycles. The van der Waals surface area contributed by atoms with Crippen molar-refractivity contribution in [3.8, 4) is 0 Å². The van der Waals surface area contributed by atoms with E-state index in [0.29, 0.717) is 25.9 Å². The molecule has 1 aromatic carbocycles. The molecule has 1 spiro atoms. The van der Waals surface area contributed by atoms with Gasteiger partial charge >= 0.3 is 0 Å². The van der Waals surface area contributed by atoms with Gasteiger partial charge in [-0.05, 0) is 51.9 Å². The van der Waals surface area contributed by atoms with Gasteiger partial charge in [0.2, 0.25) is 5.91 Å². The Kier molecular flexibility index (Phi) is 6.11. The Balaban J connectivity index is 1.85.